The molecule has 88 valence electrons. The molecule has 1 N–H and O–H groups in total. The van der Waals surface area contributed by atoms with Gasteiger partial charge >= 0.3 is 11.9 Å². The molecule has 0 spiro atoms. The summed E-state index contributed by atoms with van der Waals surface area (Å²) in [6.45, 7) is 6.12. The molecule has 0 aliphatic carbocycles. The summed E-state index contributed by atoms with van der Waals surface area (Å²) >= 11 is 0. The number of rotatable bonds is 4. The Morgan fingerprint density at radius 2 is 1.87 bits per heavy atom. The van der Waals surface area contributed by atoms with Crippen LogP contribution in [0.2, 0.25) is 0 Å². The molecule has 0 saturated heterocycles. The van der Waals surface area contributed by atoms with E-state index in [-0.39, 0.29) is 13.0 Å². The molecule has 0 unspecified atom stereocenters. The van der Waals surface area contributed by atoms with Crippen molar-refractivity contribution in [3.05, 3.63) is 0 Å². The summed E-state index contributed by atoms with van der Waals surface area (Å²) in [6.07, 6.45) is -0.971. The zero-order chi connectivity index (χ0) is 12.1. The zero-order valence-corrected chi connectivity index (χ0v) is 9.57. The smallest absolute Gasteiger partial charge is 0.348 e. The third kappa shape index (κ3) is 6.90. The maximum atomic E-state index is 11.5. The number of carbonyl (C=O) groups excluding carboxylic acids is 2. The summed E-state index contributed by atoms with van der Waals surface area (Å²) < 4.78 is 9.75. The van der Waals surface area contributed by atoms with Crippen molar-refractivity contribution >= 4 is 11.9 Å². The van der Waals surface area contributed by atoms with E-state index in [9.17, 15) is 9.59 Å². The average Bonchev–Trinajstić information content (AvgIpc) is 1.99. The maximum absolute atomic E-state index is 11.5. The quantitative estimate of drug-likeness (QED) is 0.701. The van der Waals surface area contributed by atoms with Gasteiger partial charge in [0.15, 0.2) is 0 Å². The molecule has 0 aliphatic heterocycles. The zero-order valence-electron chi connectivity index (χ0n) is 9.57. The molecule has 0 amide bonds. The fraction of sp³-hybridized carbons (Fsp3) is 0.800. The molecule has 0 heterocycles. The molecule has 0 aromatic carbocycles. The molecule has 0 saturated carbocycles. The van der Waals surface area contributed by atoms with Crippen LogP contribution in [0.15, 0.2) is 0 Å². The second-order valence-corrected chi connectivity index (χ2v) is 4.14. The van der Waals surface area contributed by atoms with Gasteiger partial charge in [0.25, 0.3) is 0 Å². The largest absolute Gasteiger partial charge is 0.457 e. The lowest BCUT2D eigenvalue weighted by Gasteiger charge is -2.23. The van der Waals surface area contributed by atoms with E-state index in [1.807, 2.05) is 0 Å². The van der Waals surface area contributed by atoms with Crippen molar-refractivity contribution in [1.82, 2.24) is 0 Å². The highest BCUT2D eigenvalue weighted by Crippen LogP contribution is 2.11. The van der Waals surface area contributed by atoms with E-state index in [0.717, 1.165) is 0 Å². The van der Waals surface area contributed by atoms with Crippen LogP contribution in [-0.2, 0) is 19.1 Å². The molecule has 0 rings (SSSR count). The Balaban J connectivity index is 4.35. The van der Waals surface area contributed by atoms with E-state index < -0.39 is 23.6 Å². The predicted octanol–water partition coefficient (Wildman–Crippen LogP) is 0.642. The van der Waals surface area contributed by atoms with Crippen molar-refractivity contribution in [2.45, 2.75) is 45.8 Å². The monoisotopic (exact) mass is 218 g/mol. The van der Waals surface area contributed by atoms with Crippen LogP contribution in [-0.4, -0.2) is 35.4 Å². The standard InChI is InChI=1S/C10H18O5/c1-7(12)14-8(5-6-11)9(13)15-10(2,3)4/h8,11H,5-6H2,1-4H3/t8-/m0/s1. The third-order valence-electron chi connectivity index (χ3n) is 1.37. The highest BCUT2D eigenvalue weighted by atomic mass is 16.6. The van der Waals surface area contributed by atoms with Crippen LogP contribution in [0.5, 0.6) is 0 Å². The van der Waals surface area contributed by atoms with Crippen LogP contribution >= 0.6 is 0 Å². The lowest BCUT2D eigenvalue weighted by molar-refractivity contribution is -0.175. The minimum absolute atomic E-state index is 0.0501. The molecular formula is C10H18O5. The number of ether oxygens (including phenoxy) is 2. The molecule has 1 atom stereocenters. The Bertz CT molecular complexity index is 228. The first-order valence-corrected chi connectivity index (χ1v) is 4.77. The summed E-state index contributed by atoms with van der Waals surface area (Å²) in [7, 11) is 0. The molecule has 0 aromatic heterocycles. The first-order chi connectivity index (χ1) is 6.76. The van der Waals surface area contributed by atoms with Crippen LogP contribution < -0.4 is 0 Å². The number of hydrogen-bond acceptors (Lipinski definition) is 5. The lowest BCUT2D eigenvalue weighted by Crippen LogP contribution is -2.35. The van der Waals surface area contributed by atoms with Crippen molar-refractivity contribution in [3.63, 3.8) is 0 Å². The van der Waals surface area contributed by atoms with Crippen molar-refractivity contribution in [2.24, 2.45) is 0 Å². The van der Waals surface area contributed by atoms with Crippen molar-refractivity contribution < 1.29 is 24.2 Å². The minimum Gasteiger partial charge on any atom is -0.457 e. The second-order valence-electron chi connectivity index (χ2n) is 4.14. The molecule has 0 aromatic rings. The first kappa shape index (κ1) is 13.9. The van der Waals surface area contributed by atoms with Crippen molar-refractivity contribution in [3.8, 4) is 0 Å². The molecule has 0 bridgehead atoms. The summed E-state index contributed by atoms with van der Waals surface area (Å²) in [4.78, 5) is 22.2. The summed E-state index contributed by atoms with van der Waals surface area (Å²) in [6, 6.07) is 0. The van der Waals surface area contributed by atoms with Crippen LogP contribution in [0.25, 0.3) is 0 Å². The van der Waals surface area contributed by atoms with E-state index >= 15 is 0 Å². The van der Waals surface area contributed by atoms with Gasteiger partial charge in [-0.25, -0.2) is 4.79 Å². The molecule has 0 fully saturated rings. The molecule has 15 heavy (non-hydrogen) atoms. The highest BCUT2D eigenvalue weighted by Gasteiger charge is 2.26. The molecule has 5 nitrogen and oxygen atoms in total. The van der Waals surface area contributed by atoms with Crippen LogP contribution in [0.3, 0.4) is 0 Å². The number of aliphatic hydroxyl groups is 1. The fourth-order valence-corrected chi connectivity index (χ4v) is 0.910. The SMILES string of the molecule is CC(=O)O[C@@H](CCO)C(=O)OC(C)(C)C. The van der Waals surface area contributed by atoms with Gasteiger partial charge in [-0.3, -0.25) is 4.79 Å². The predicted molar refractivity (Wildman–Crippen MR) is 53.1 cm³/mol. The van der Waals surface area contributed by atoms with Crippen LogP contribution in [0, 0.1) is 0 Å². The Morgan fingerprint density at radius 3 is 2.20 bits per heavy atom. The second kappa shape index (κ2) is 5.70. The van der Waals surface area contributed by atoms with Crippen molar-refractivity contribution in [2.75, 3.05) is 6.61 Å². The maximum Gasteiger partial charge on any atom is 0.348 e. The normalized spacial score (nSPS) is 13.1. The van der Waals surface area contributed by atoms with Gasteiger partial charge in [0, 0.05) is 20.0 Å². The van der Waals surface area contributed by atoms with Crippen LogP contribution in [0.4, 0.5) is 0 Å². The van der Waals surface area contributed by atoms with E-state index in [1.165, 1.54) is 6.92 Å². The fourth-order valence-electron chi connectivity index (χ4n) is 0.910. The number of aliphatic hydroxyl groups excluding tert-OH is 1. The first-order valence-electron chi connectivity index (χ1n) is 4.77. The topological polar surface area (TPSA) is 72.8 Å². The molecule has 5 heteroatoms. The van der Waals surface area contributed by atoms with E-state index in [4.69, 9.17) is 14.6 Å². The lowest BCUT2D eigenvalue weighted by atomic mass is 10.2. The molecule has 0 aliphatic rings. The third-order valence-corrected chi connectivity index (χ3v) is 1.37. The van der Waals surface area contributed by atoms with E-state index in [1.54, 1.807) is 20.8 Å². The Kier molecular flexibility index (Phi) is 5.28. The highest BCUT2D eigenvalue weighted by molar-refractivity contribution is 5.78. The summed E-state index contributed by atoms with van der Waals surface area (Å²) in [5.74, 6) is -1.20. The van der Waals surface area contributed by atoms with Crippen molar-refractivity contribution in [1.29, 1.82) is 0 Å². The Labute approximate surface area is 89.4 Å². The van der Waals surface area contributed by atoms with Gasteiger partial charge in [-0.15, -0.1) is 0 Å². The Morgan fingerprint density at radius 1 is 1.33 bits per heavy atom. The van der Waals surface area contributed by atoms with Gasteiger partial charge < -0.3 is 14.6 Å². The summed E-state index contributed by atoms with van der Waals surface area (Å²) in [5.41, 5.74) is -0.634. The number of hydrogen-bond donors (Lipinski definition) is 1. The minimum atomic E-state index is -1.02. The Hall–Kier alpha value is -1.10. The number of esters is 2. The van der Waals surface area contributed by atoms with Gasteiger partial charge in [0.1, 0.15) is 5.60 Å². The number of carbonyl (C=O) groups is 2. The van der Waals surface area contributed by atoms with Gasteiger partial charge in [-0.1, -0.05) is 0 Å². The molecule has 0 radical (unpaired) electrons. The van der Waals surface area contributed by atoms with Gasteiger partial charge in [0.05, 0.1) is 0 Å². The van der Waals surface area contributed by atoms with E-state index in [0.29, 0.717) is 0 Å². The molecular weight excluding hydrogens is 200 g/mol. The average molecular weight is 218 g/mol. The van der Waals surface area contributed by atoms with Gasteiger partial charge in [0.2, 0.25) is 6.10 Å². The van der Waals surface area contributed by atoms with Gasteiger partial charge in [-0.05, 0) is 20.8 Å². The van der Waals surface area contributed by atoms with E-state index in [2.05, 4.69) is 0 Å². The van der Waals surface area contributed by atoms with Crippen LogP contribution in [0.1, 0.15) is 34.1 Å². The summed E-state index contributed by atoms with van der Waals surface area (Å²) in [5, 5.41) is 8.70. The van der Waals surface area contributed by atoms with Gasteiger partial charge in [-0.2, -0.15) is 0 Å².